The maximum Gasteiger partial charge on any atom is 0.146 e. The van der Waals surface area contributed by atoms with Gasteiger partial charge in [-0.15, -0.1) is 0 Å². The topological polar surface area (TPSA) is 74.1 Å². The molecule has 0 spiro atoms. The largest absolute Gasteiger partial charge is 0.491 e. The average molecular weight is 450 g/mol. The summed E-state index contributed by atoms with van der Waals surface area (Å²) in [5, 5.41) is 5.84. The van der Waals surface area contributed by atoms with E-state index in [1.165, 1.54) is 19.2 Å². The molecule has 1 saturated heterocycles. The quantitative estimate of drug-likeness (QED) is 0.390. The molecule has 6 rings (SSSR count). The summed E-state index contributed by atoms with van der Waals surface area (Å²) in [6, 6.07) is 12.1. The monoisotopic (exact) mass is 449 g/mol. The van der Waals surface area contributed by atoms with Crippen molar-refractivity contribution in [2.24, 2.45) is 5.92 Å². The van der Waals surface area contributed by atoms with Crippen LogP contribution in [-0.2, 0) is 4.74 Å². The molecule has 164 valence electrons. The van der Waals surface area contributed by atoms with Gasteiger partial charge in [0.15, 0.2) is 0 Å². The van der Waals surface area contributed by atoms with Gasteiger partial charge in [0.05, 0.1) is 17.0 Å². The normalized spacial score (nSPS) is 20.8. The van der Waals surface area contributed by atoms with Crippen LogP contribution in [0.1, 0.15) is 31.9 Å². The lowest BCUT2D eigenvalue weighted by Gasteiger charge is -2.16. The molecule has 2 atom stereocenters. The number of rotatable bonds is 7. The third-order valence-electron chi connectivity index (χ3n) is 6.22. The highest BCUT2D eigenvalue weighted by atomic mass is 35.5. The zero-order valence-corrected chi connectivity index (χ0v) is 18.3. The van der Waals surface area contributed by atoms with Crippen LogP contribution in [0.15, 0.2) is 48.9 Å². The van der Waals surface area contributed by atoms with Crippen molar-refractivity contribution in [3.05, 3.63) is 54.1 Å². The minimum atomic E-state index is -0.0783. The number of hydrogen-bond donors (Lipinski definition) is 1. The van der Waals surface area contributed by atoms with Crippen molar-refractivity contribution in [2.75, 3.05) is 18.5 Å². The Bertz CT molecular complexity index is 1270. The molecule has 0 amide bonds. The van der Waals surface area contributed by atoms with E-state index < -0.39 is 0 Å². The van der Waals surface area contributed by atoms with Crippen molar-refractivity contribution in [2.45, 2.75) is 38.0 Å². The fourth-order valence-corrected chi connectivity index (χ4v) is 4.42. The lowest BCUT2D eigenvalue weighted by molar-refractivity contribution is -0.0156. The molecule has 1 aliphatic carbocycles. The molecule has 2 fully saturated rings. The molecule has 32 heavy (non-hydrogen) atoms. The lowest BCUT2D eigenvalue weighted by atomic mass is 10.2. The van der Waals surface area contributed by atoms with Crippen LogP contribution in [0, 0.1) is 5.92 Å². The van der Waals surface area contributed by atoms with Crippen LogP contribution in [0.4, 0.5) is 5.82 Å². The highest BCUT2D eigenvalue weighted by Crippen LogP contribution is 2.33. The van der Waals surface area contributed by atoms with E-state index in [0.717, 1.165) is 58.8 Å². The van der Waals surface area contributed by atoms with Gasteiger partial charge in [-0.25, -0.2) is 15.0 Å². The van der Waals surface area contributed by atoms with Crippen molar-refractivity contribution >= 4 is 39.4 Å². The summed E-state index contributed by atoms with van der Waals surface area (Å²) < 4.78 is 14.4. The van der Waals surface area contributed by atoms with E-state index in [2.05, 4.69) is 27.4 Å². The molecule has 1 aliphatic heterocycles. The van der Waals surface area contributed by atoms with Crippen LogP contribution in [0.3, 0.4) is 0 Å². The van der Waals surface area contributed by atoms with E-state index >= 15 is 0 Å². The van der Waals surface area contributed by atoms with Gasteiger partial charge >= 0.3 is 0 Å². The van der Waals surface area contributed by atoms with E-state index in [9.17, 15) is 0 Å². The van der Waals surface area contributed by atoms with Crippen molar-refractivity contribution in [3.63, 3.8) is 0 Å². The number of anilines is 1. The number of nitrogens with one attached hydrogen (secondary N) is 1. The standard InChI is InChI=1S/C24H24ClN5O2/c25-23-19-9-10-30(24(19)28-14-27-23)22-8-6-18(32-22)13-31-17-5-3-16-4-7-21(29-20(16)11-17)26-12-15-1-2-15/h3-5,7,9-11,14-15,18,22H,1-2,6,8,12-13H2,(H,26,29)/t18-,22+/m0/s1. The smallest absolute Gasteiger partial charge is 0.146 e. The first-order valence-corrected chi connectivity index (χ1v) is 11.5. The second kappa shape index (κ2) is 8.22. The van der Waals surface area contributed by atoms with E-state index in [0.29, 0.717) is 11.8 Å². The van der Waals surface area contributed by atoms with E-state index in [1.54, 1.807) is 0 Å². The van der Waals surface area contributed by atoms with Gasteiger partial charge in [-0.1, -0.05) is 11.6 Å². The number of pyridine rings is 1. The summed E-state index contributed by atoms with van der Waals surface area (Å²) in [6.45, 7) is 1.50. The summed E-state index contributed by atoms with van der Waals surface area (Å²) in [4.78, 5) is 13.2. The molecule has 1 saturated carbocycles. The van der Waals surface area contributed by atoms with Crippen molar-refractivity contribution < 1.29 is 9.47 Å². The summed E-state index contributed by atoms with van der Waals surface area (Å²) in [7, 11) is 0. The zero-order valence-electron chi connectivity index (χ0n) is 17.6. The molecule has 8 heteroatoms. The van der Waals surface area contributed by atoms with Gasteiger partial charge in [0.1, 0.15) is 41.5 Å². The predicted octanol–water partition coefficient (Wildman–Crippen LogP) is 5.21. The van der Waals surface area contributed by atoms with Crippen LogP contribution in [0.2, 0.25) is 5.15 Å². The maximum atomic E-state index is 6.25. The van der Waals surface area contributed by atoms with Gasteiger partial charge in [0.2, 0.25) is 0 Å². The molecule has 1 N–H and O–H groups in total. The fourth-order valence-electron chi connectivity index (χ4n) is 4.23. The molecular formula is C24H24ClN5O2. The molecule has 7 nitrogen and oxygen atoms in total. The Kier molecular flexibility index (Phi) is 5.08. The summed E-state index contributed by atoms with van der Waals surface area (Å²) in [5.41, 5.74) is 1.73. The predicted molar refractivity (Wildman–Crippen MR) is 124 cm³/mol. The number of hydrogen-bond acceptors (Lipinski definition) is 6. The lowest BCUT2D eigenvalue weighted by Crippen LogP contribution is -2.18. The Balaban J connectivity index is 1.10. The molecule has 2 aliphatic rings. The SMILES string of the molecule is Clc1ncnc2c1ccn2[C@H]1CC[C@@H](COc2ccc3ccc(NCC4CC4)nc3c2)O1. The van der Waals surface area contributed by atoms with Gasteiger partial charge in [0.25, 0.3) is 0 Å². The number of nitrogens with zero attached hydrogens (tertiary/aromatic N) is 4. The van der Waals surface area contributed by atoms with Crippen LogP contribution < -0.4 is 10.1 Å². The fraction of sp³-hybridized carbons (Fsp3) is 0.375. The molecular weight excluding hydrogens is 426 g/mol. The molecule has 3 aromatic heterocycles. The summed E-state index contributed by atoms with van der Waals surface area (Å²) in [5.74, 6) is 2.54. The Morgan fingerprint density at radius 2 is 2.00 bits per heavy atom. The molecule has 4 heterocycles. The second-order valence-corrected chi connectivity index (χ2v) is 8.96. The summed E-state index contributed by atoms with van der Waals surface area (Å²) in [6.07, 6.45) is 7.85. The first-order valence-electron chi connectivity index (χ1n) is 11.1. The van der Waals surface area contributed by atoms with Crippen LogP contribution in [-0.4, -0.2) is 38.8 Å². The Labute approximate surface area is 190 Å². The summed E-state index contributed by atoms with van der Waals surface area (Å²) >= 11 is 6.17. The van der Waals surface area contributed by atoms with Gasteiger partial charge in [-0.3, -0.25) is 0 Å². The average Bonchev–Trinajstić information content (AvgIpc) is 3.34. The third kappa shape index (κ3) is 3.98. The maximum absolute atomic E-state index is 6.25. The number of aromatic nitrogens is 4. The van der Waals surface area contributed by atoms with Crippen LogP contribution >= 0.6 is 11.6 Å². The molecule has 0 bridgehead atoms. The van der Waals surface area contributed by atoms with Crippen LogP contribution in [0.5, 0.6) is 5.75 Å². The Morgan fingerprint density at radius 1 is 1.09 bits per heavy atom. The number of ether oxygens (including phenoxy) is 2. The number of halogens is 1. The van der Waals surface area contributed by atoms with E-state index in [1.807, 2.05) is 35.0 Å². The Morgan fingerprint density at radius 3 is 2.91 bits per heavy atom. The van der Waals surface area contributed by atoms with Gasteiger partial charge in [0, 0.05) is 24.2 Å². The van der Waals surface area contributed by atoms with E-state index in [-0.39, 0.29) is 12.3 Å². The minimum Gasteiger partial charge on any atom is -0.491 e. The first kappa shape index (κ1) is 19.8. The van der Waals surface area contributed by atoms with Gasteiger partial charge in [-0.2, -0.15) is 0 Å². The van der Waals surface area contributed by atoms with E-state index in [4.69, 9.17) is 26.1 Å². The second-order valence-electron chi connectivity index (χ2n) is 8.60. The molecule has 4 aromatic rings. The zero-order chi connectivity index (χ0) is 21.5. The van der Waals surface area contributed by atoms with Gasteiger partial charge < -0.3 is 19.4 Å². The van der Waals surface area contributed by atoms with Crippen LogP contribution in [0.25, 0.3) is 21.9 Å². The van der Waals surface area contributed by atoms with Crippen molar-refractivity contribution in [1.29, 1.82) is 0 Å². The van der Waals surface area contributed by atoms with Crippen molar-refractivity contribution in [3.8, 4) is 5.75 Å². The molecule has 0 radical (unpaired) electrons. The highest BCUT2D eigenvalue weighted by molar-refractivity contribution is 6.33. The van der Waals surface area contributed by atoms with Crippen molar-refractivity contribution in [1.82, 2.24) is 19.5 Å². The highest BCUT2D eigenvalue weighted by Gasteiger charge is 2.28. The Hall–Kier alpha value is -2.90. The first-order chi connectivity index (χ1) is 15.7. The number of fused-ring (bicyclic) bond motifs is 2. The number of benzene rings is 1. The molecule has 0 unspecified atom stereocenters. The van der Waals surface area contributed by atoms with Gasteiger partial charge in [-0.05, 0) is 61.9 Å². The minimum absolute atomic E-state index is 0.0185. The third-order valence-corrected chi connectivity index (χ3v) is 6.53. The molecule has 1 aromatic carbocycles.